The molecule has 0 radical (unpaired) electrons. The summed E-state index contributed by atoms with van der Waals surface area (Å²) in [6.45, 7) is 3.75. The van der Waals surface area contributed by atoms with Crippen molar-refractivity contribution >= 4 is 11.6 Å². The van der Waals surface area contributed by atoms with Crippen LogP contribution in [0.15, 0.2) is 12.4 Å². The minimum Gasteiger partial charge on any atom is -0.323 e. The number of anilines is 1. The molecule has 2 rings (SSSR count). The summed E-state index contributed by atoms with van der Waals surface area (Å²) in [7, 11) is 0. The van der Waals surface area contributed by atoms with Gasteiger partial charge < -0.3 is 10.6 Å². The van der Waals surface area contributed by atoms with Gasteiger partial charge in [0.15, 0.2) is 0 Å². The molecule has 2 heterocycles. The van der Waals surface area contributed by atoms with Crippen LogP contribution in [0.4, 0.5) is 5.69 Å². The van der Waals surface area contributed by atoms with Gasteiger partial charge in [0.25, 0.3) is 0 Å². The van der Waals surface area contributed by atoms with E-state index in [2.05, 4.69) is 20.8 Å². The van der Waals surface area contributed by atoms with Gasteiger partial charge in [-0.2, -0.15) is 5.10 Å². The Hall–Kier alpha value is -1.36. The van der Waals surface area contributed by atoms with Crippen LogP contribution in [0.2, 0.25) is 0 Å². The zero-order chi connectivity index (χ0) is 10.7. The highest BCUT2D eigenvalue weighted by molar-refractivity contribution is 5.95. The Kier molecular flexibility index (Phi) is 2.73. The number of aromatic amines is 1. The van der Waals surface area contributed by atoms with Crippen molar-refractivity contribution in [3.63, 3.8) is 0 Å². The predicted octanol–water partition coefficient (Wildman–Crippen LogP) is 0.738. The Morgan fingerprint density at radius 2 is 2.53 bits per heavy atom. The topological polar surface area (TPSA) is 69.8 Å². The minimum atomic E-state index is -0.296. The number of amides is 1. The zero-order valence-electron chi connectivity index (χ0n) is 8.84. The van der Waals surface area contributed by atoms with Crippen LogP contribution < -0.4 is 10.6 Å². The smallest absolute Gasteiger partial charge is 0.231 e. The van der Waals surface area contributed by atoms with E-state index in [0.29, 0.717) is 0 Å². The lowest BCUT2D eigenvalue weighted by Crippen LogP contribution is -2.45. The first-order valence-corrected chi connectivity index (χ1v) is 5.22. The number of piperidine rings is 1. The first kappa shape index (κ1) is 10.2. The minimum absolute atomic E-state index is 0.0658. The number of aromatic nitrogens is 2. The maximum Gasteiger partial charge on any atom is 0.231 e. The summed E-state index contributed by atoms with van der Waals surface area (Å²) in [5, 5.41) is 12.6. The van der Waals surface area contributed by atoms with E-state index < -0.39 is 0 Å². The Balaban J connectivity index is 2.00. The molecular weight excluding hydrogens is 192 g/mol. The number of carbonyl (C=O) groups is 1. The fourth-order valence-electron chi connectivity index (χ4n) is 1.85. The lowest BCUT2D eigenvalue weighted by molar-refractivity contribution is -0.125. The first-order chi connectivity index (χ1) is 7.21. The molecule has 1 aromatic heterocycles. The van der Waals surface area contributed by atoms with E-state index >= 15 is 0 Å². The zero-order valence-corrected chi connectivity index (χ0v) is 8.84. The van der Waals surface area contributed by atoms with Gasteiger partial charge in [0, 0.05) is 12.7 Å². The first-order valence-electron chi connectivity index (χ1n) is 5.22. The summed E-state index contributed by atoms with van der Waals surface area (Å²) < 4.78 is 0. The highest BCUT2D eigenvalue weighted by Gasteiger charge is 2.34. The van der Waals surface area contributed by atoms with Gasteiger partial charge in [-0.1, -0.05) is 0 Å². The second-order valence-electron chi connectivity index (χ2n) is 4.28. The van der Waals surface area contributed by atoms with Gasteiger partial charge in [0.1, 0.15) is 0 Å². The van der Waals surface area contributed by atoms with Crippen LogP contribution in [-0.2, 0) is 4.79 Å². The number of hydrogen-bond donors (Lipinski definition) is 3. The molecule has 0 spiro atoms. The second kappa shape index (κ2) is 4.02. The Morgan fingerprint density at radius 3 is 3.13 bits per heavy atom. The van der Waals surface area contributed by atoms with Gasteiger partial charge in [-0.05, 0) is 26.3 Å². The van der Waals surface area contributed by atoms with E-state index in [4.69, 9.17) is 0 Å². The van der Waals surface area contributed by atoms with Crippen molar-refractivity contribution in [2.24, 2.45) is 5.41 Å². The number of nitrogens with zero attached hydrogens (tertiary/aromatic N) is 1. The van der Waals surface area contributed by atoms with Gasteiger partial charge in [0.2, 0.25) is 5.91 Å². The van der Waals surface area contributed by atoms with Crippen LogP contribution in [-0.4, -0.2) is 29.2 Å². The van der Waals surface area contributed by atoms with E-state index in [1.54, 1.807) is 12.4 Å². The number of hydrogen-bond acceptors (Lipinski definition) is 3. The fourth-order valence-corrected chi connectivity index (χ4v) is 1.85. The van der Waals surface area contributed by atoms with Crippen molar-refractivity contribution in [2.45, 2.75) is 19.8 Å². The summed E-state index contributed by atoms with van der Waals surface area (Å²) in [6.07, 6.45) is 5.27. The molecule has 15 heavy (non-hydrogen) atoms. The number of nitrogens with one attached hydrogen (secondary N) is 3. The van der Waals surface area contributed by atoms with Crippen molar-refractivity contribution in [3.8, 4) is 0 Å². The van der Waals surface area contributed by atoms with Crippen molar-refractivity contribution in [1.29, 1.82) is 0 Å². The van der Waals surface area contributed by atoms with Gasteiger partial charge in [-0.25, -0.2) is 0 Å². The molecule has 0 aromatic carbocycles. The summed E-state index contributed by atoms with van der Waals surface area (Å²) in [5.41, 5.74) is 0.432. The summed E-state index contributed by atoms with van der Waals surface area (Å²) in [6, 6.07) is 0. The SMILES string of the molecule is CC1(C(=O)Nc2cn[nH]c2)CCCNC1. The fraction of sp³-hybridized carbons (Fsp3) is 0.600. The third kappa shape index (κ3) is 2.18. The van der Waals surface area contributed by atoms with Crippen molar-refractivity contribution in [3.05, 3.63) is 12.4 Å². The maximum absolute atomic E-state index is 12.0. The van der Waals surface area contributed by atoms with Gasteiger partial charge in [0.05, 0.1) is 17.3 Å². The molecule has 0 bridgehead atoms. The van der Waals surface area contributed by atoms with Crippen LogP contribution in [0.5, 0.6) is 0 Å². The molecule has 82 valence electrons. The Morgan fingerprint density at radius 1 is 1.67 bits per heavy atom. The number of carbonyl (C=O) groups excluding carboxylic acids is 1. The lowest BCUT2D eigenvalue weighted by atomic mass is 9.82. The van der Waals surface area contributed by atoms with Crippen LogP contribution in [0.3, 0.4) is 0 Å². The van der Waals surface area contributed by atoms with Crippen LogP contribution >= 0.6 is 0 Å². The molecule has 1 atom stereocenters. The molecule has 1 aliphatic rings. The summed E-state index contributed by atoms with van der Waals surface area (Å²) in [5.74, 6) is 0.0658. The monoisotopic (exact) mass is 208 g/mol. The Bertz CT molecular complexity index is 327. The average molecular weight is 208 g/mol. The molecule has 1 amide bonds. The second-order valence-corrected chi connectivity index (χ2v) is 4.28. The number of H-pyrrole nitrogens is 1. The molecule has 0 aliphatic carbocycles. The molecule has 1 aromatic rings. The van der Waals surface area contributed by atoms with E-state index in [1.165, 1.54) is 0 Å². The van der Waals surface area contributed by atoms with Crippen LogP contribution in [0.1, 0.15) is 19.8 Å². The third-order valence-electron chi connectivity index (χ3n) is 2.90. The van der Waals surface area contributed by atoms with E-state index in [0.717, 1.165) is 31.6 Å². The molecule has 5 nitrogen and oxygen atoms in total. The lowest BCUT2D eigenvalue weighted by Gasteiger charge is -2.32. The quantitative estimate of drug-likeness (QED) is 0.671. The van der Waals surface area contributed by atoms with Crippen LogP contribution in [0.25, 0.3) is 0 Å². The summed E-state index contributed by atoms with van der Waals surface area (Å²) >= 11 is 0. The van der Waals surface area contributed by atoms with Crippen LogP contribution in [0, 0.1) is 5.41 Å². The highest BCUT2D eigenvalue weighted by atomic mass is 16.2. The van der Waals surface area contributed by atoms with Crippen molar-refractivity contribution in [1.82, 2.24) is 15.5 Å². The average Bonchev–Trinajstić information content (AvgIpc) is 2.71. The third-order valence-corrected chi connectivity index (χ3v) is 2.90. The van der Waals surface area contributed by atoms with E-state index in [1.807, 2.05) is 6.92 Å². The highest BCUT2D eigenvalue weighted by Crippen LogP contribution is 2.26. The van der Waals surface area contributed by atoms with Crippen molar-refractivity contribution < 1.29 is 4.79 Å². The van der Waals surface area contributed by atoms with Gasteiger partial charge in [-0.15, -0.1) is 0 Å². The molecule has 1 fully saturated rings. The van der Waals surface area contributed by atoms with Gasteiger partial charge in [-0.3, -0.25) is 9.89 Å². The Labute approximate surface area is 88.6 Å². The molecule has 1 aliphatic heterocycles. The maximum atomic E-state index is 12.0. The largest absolute Gasteiger partial charge is 0.323 e. The standard InChI is InChI=1S/C10H16N4O/c1-10(3-2-4-11-7-10)9(15)14-8-5-12-13-6-8/h5-6,11H,2-4,7H2,1H3,(H,12,13)(H,14,15). The molecule has 1 unspecified atom stereocenters. The molecule has 3 N–H and O–H groups in total. The van der Waals surface area contributed by atoms with E-state index in [9.17, 15) is 4.79 Å². The number of rotatable bonds is 2. The van der Waals surface area contributed by atoms with E-state index in [-0.39, 0.29) is 11.3 Å². The van der Waals surface area contributed by atoms with Crippen molar-refractivity contribution in [2.75, 3.05) is 18.4 Å². The molecule has 5 heteroatoms. The normalized spacial score (nSPS) is 26.2. The van der Waals surface area contributed by atoms with Gasteiger partial charge >= 0.3 is 0 Å². The summed E-state index contributed by atoms with van der Waals surface area (Å²) in [4.78, 5) is 12.0. The molecular formula is C10H16N4O. The molecule has 0 saturated carbocycles. The molecule has 1 saturated heterocycles. The predicted molar refractivity (Wildman–Crippen MR) is 57.4 cm³/mol.